The van der Waals surface area contributed by atoms with Gasteiger partial charge in [-0.3, -0.25) is 0 Å². The topological polar surface area (TPSA) is 58.6 Å². The Kier molecular flexibility index (Phi) is 6.85. The molecule has 0 radical (unpaired) electrons. The minimum atomic E-state index is -0.267. The number of methoxy groups -OCH3 is 1. The average Bonchev–Trinajstić information content (AvgIpc) is 2.47. The molecule has 0 saturated heterocycles. The van der Waals surface area contributed by atoms with Crippen molar-refractivity contribution in [2.75, 3.05) is 13.7 Å². The van der Waals surface area contributed by atoms with Gasteiger partial charge in [0.1, 0.15) is 0 Å². The lowest BCUT2D eigenvalue weighted by molar-refractivity contribution is -0.136. The minimum Gasteiger partial charge on any atom is -0.466 e. The predicted octanol–water partition coefficient (Wildman–Crippen LogP) is 1.78. The van der Waals surface area contributed by atoms with E-state index in [1.807, 2.05) is 37.3 Å². The maximum atomic E-state index is 11.3. The monoisotopic (exact) mass is 263 g/mol. The molecular formula is C15H21NO3. The van der Waals surface area contributed by atoms with Gasteiger partial charge < -0.3 is 15.2 Å². The molecule has 0 unspecified atom stereocenters. The summed E-state index contributed by atoms with van der Waals surface area (Å²) in [6.07, 6.45) is 2.52. The summed E-state index contributed by atoms with van der Waals surface area (Å²) in [5, 5.41) is 12.2. The lowest BCUT2D eigenvalue weighted by Crippen LogP contribution is -2.15. The molecular weight excluding hydrogens is 242 g/mol. The van der Waals surface area contributed by atoms with Crippen molar-refractivity contribution in [3.8, 4) is 0 Å². The molecule has 19 heavy (non-hydrogen) atoms. The van der Waals surface area contributed by atoms with Crippen LogP contribution < -0.4 is 5.32 Å². The van der Waals surface area contributed by atoms with Crippen LogP contribution in [0.2, 0.25) is 0 Å². The van der Waals surface area contributed by atoms with Crippen LogP contribution in [0, 0.1) is 0 Å². The van der Waals surface area contributed by atoms with Crippen molar-refractivity contribution in [3.05, 3.63) is 47.0 Å². The van der Waals surface area contributed by atoms with Gasteiger partial charge in [-0.15, -0.1) is 0 Å². The van der Waals surface area contributed by atoms with Gasteiger partial charge in [0.05, 0.1) is 13.7 Å². The molecule has 4 nitrogen and oxygen atoms in total. The Morgan fingerprint density at radius 3 is 2.47 bits per heavy atom. The maximum absolute atomic E-state index is 11.3. The predicted molar refractivity (Wildman–Crippen MR) is 74.5 cm³/mol. The first-order chi connectivity index (χ1) is 9.21. The van der Waals surface area contributed by atoms with E-state index in [1.54, 1.807) is 0 Å². The lowest BCUT2D eigenvalue weighted by atomic mass is 10.1. The van der Waals surface area contributed by atoms with E-state index in [2.05, 4.69) is 10.1 Å². The van der Waals surface area contributed by atoms with Crippen LogP contribution in [0.25, 0.3) is 0 Å². The number of aliphatic hydroxyl groups excluding tert-OH is 1. The van der Waals surface area contributed by atoms with Crippen molar-refractivity contribution in [1.29, 1.82) is 0 Å². The highest BCUT2D eigenvalue weighted by Crippen LogP contribution is 2.05. The molecule has 0 aromatic heterocycles. The van der Waals surface area contributed by atoms with Crippen molar-refractivity contribution in [2.24, 2.45) is 0 Å². The zero-order valence-corrected chi connectivity index (χ0v) is 11.5. The fraction of sp³-hybridized carbons (Fsp3) is 0.400. The molecule has 0 heterocycles. The van der Waals surface area contributed by atoms with Crippen molar-refractivity contribution in [1.82, 2.24) is 5.32 Å². The molecule has 0 atom stereocenters. The van der Waals surface area contributed by atoms with Crippen LogP contribution >= 0.6 is 0 Å². The molecule has 0 aliphatic rings. The fourth-order valence-electron chi connectivity index (χ4n) is 1.68. The second-order valence-corrected chi connectivity index (χ2v) is 4.18. The number of carbonyl (C=O) groups is 1. The number of aliphatic hydroxyl groups is 1. The number of hydrogen-bond acceptors (Lipinski definition) is 4. The van der Waals surface area contributed by atoms with Gasteiger partial charge in [0.2, 0.25) is 0 Å². The number of hydrogen-bond donors (Lipinski definition) is 2. The number of nitrogens with one attached hydrogen (secondary N) is 1. The van der Waals surface area contributed by atoms with E-state index in [9.17, 15) is 4.79 Å². The van der Waals surface area contributed by atoms with E-state index in [1.165, 1.54) is 7.11 Å². The highest BCUT2D eigenvalue weighted by Gasteiger charge is 2.05. The van der Waals surface area contributed by atoms with E-state index >= 15 is 0 Å². The van der Waals surface area contributed by atoms with Crippen LogP contribution in [0.5, 0.6) is 0 Å². The number of rotatable bonds is 7. The molecule has 4 heteroatoms. The summed E-state index contributed by atoms with van der Waals surface area (Å²) in [6, 6.07) is 7.75. The third-order valence-electron chi connectivity index (χ3n) is 2.86. The summed E-state index contributed by atoms with van der Waals surface area (Å²) >= 11 is 0. The van der Waals surface area contributed by atoms with E-state index in [0.717, 1.165) is 17.7 Å². The van der Waals surface area contributed by atoms with E-state index in [0.29, 0.717) is 18.5 Å². The molecule has 104 valence electrons. The third-order valence-corrected chi connectivity index (χ3v) is 2.86. The first kappa shape index (κ1) is 15.4. The van der Waals surface area contributed by atoms with Crippen molar-refractivity contribution >= 4 is 5.97 Å². The Labute approximate surface area is 114 Å². The maximum Gasteiger partial charge on any atom is 0.333 e. The van der Waals surface area contributed by atoms with Crippen LogP contribution in [0.1, 0.15) is 24.5 Å². The van der Waals surface area contributed by atoms with Crippen molar-refractivity contribution in [3.63, 3.8) is 0 Å². The fourth-order valence-corrected chi connectivity index (χ4v) is 1.68. The van der Waals surface area contributed by atoms with Gasteiger partial charge in [-0.1, -0.05) is 37.3 Å². The molecule has 1 aromatic carbocycles. The molecule has 1 rings (SSSR count). The largest absolute Gasteiger partial charge is 0.466 e. The molecule has 0 amide bonds. The van der Waals surface area contributed by atoms with Crippen molar-refractivity contribution in [2.45, 2.75) is 26.5 Å². The zero-order valence-electron chi connectivity index (χ0n) is 11.5. The van der Waals surface area contributed by atoms with Gasteiger partial charge in [-0.2, -0.15) is 0 Å². The molecule has 0 fully saturated rings. The lowest BCUT2D eigenvalue weighted by Gasteiger charge is -2.05. The summed E-state index contributed by atoms with van der Waals surface area (Å²) in [5.41, 5.74) is 2.73. The van der Waals surface area contributed by atoms with Crippen LogP contribution in [0.15, 0.2) is 35.9 Å². The molecule has 0 aliphatic carbocycles. The summed E-state index contributed by atoms with van der Waals surface area (Å²) in [7, 11) is 1.39. The minimum absolute atomic E-state index is 0.0649. The smallest absolute Gasteiger partial charge is 0.333 e. The highest BCUT2D eigenvalue weighted by atomic mass is 16.5. The second kappa shape index (κ2) is 8.45. The van der Waals surface area contributed by atoms with Crippen molar-refractivity contribution < 1.29 is 14.6 Å². The molecule has 0 aliphatic heterocycles. The van der Waals surface area contributed by atoms with Gasteiger partial charge in [-0.05, 0) is 17.5 Å². The molecule has 2 N–H and O–H groups in total. The number of carbonyl (C=O) groups excluding carboxylic acids is 1. The highest BCUT2D eigenvalue weighted by molar-refractivity contribution is 5.88. The summed E-state index contributed by atoms with van der Waals surface area (Å²) in [4.78, 5) is 11.3. The second-order valence-electron chi connectivity index (χ2n) is 4.18. The van der Waals surface area contributed by atoms with Gasteiger partial charge >= 0.3 is 5.97 Å². The summed E-state index contributed by atoms with van der Waals surface area (Å²) in [5.74, 6) is -0.267. The quantitative estimate of drug-likeness (QED) is 0.447. The van der Waals surface area contributed by atoms with E-state index < -0.39 is 0 Å². The Morgan fingerprint density at radius 1 is 1.32 bits per heavy atom. The SMILES string of the molecule is CC/C(=C/CNCc1ccc(CO)cc1)C(=O)OC. The van der Waals surface area contributed by atoms with Crippen LogP contribution in [-0.4, -0.2) is 24.7 Å². The Hall–Kier alpha value is -1.65. The van der Waals surface area contributed by atoms with Crippen LogP contribution in [-0.2, 0) is 22.7 Å². The Morgan fingerprint density at radius 2 is 1.95 bits per heavy atom. The van der Waals surface area contributed by atoms with E-state index in [4.69, 9.17) is 5.11 Å². The molecule has 0 spiro atoms. The number of benzene rings is 1. The van der Waals surface area contributed by atoms with Crippen LogP contribution in [0.3, 0.4) is 0 Å². The molecule has 0 bridgehead atoms. The van der Waals surface area contributed by atoms with Crippen LogP contribution in [0.4, 0.5) is 0 Å². The number of ether oxygens (including phenoxy) is 1. The zero-order chi connectivity index (χ0) is 14.1. The normalized spacial score (nSPS) is 11.4. The average molecular weight is 263 g/mol. The Balaban J connectivity index is 2.40. The first-order valence-corrected chi connectivity index (χ1v) is 6.38. The first-order valence-electron chi connectivity index (χ1n) is 6.38. The number of esters is 1. The Bertz CT molecular complexity index is 424. The summed E-state index contributed by atoms with van der Waals surface area (Å²) in [6.45, 7) is 3.34. The van der Waals surface area contributed by atoms with E-state index in [-0.39, 0.29) is 12.6 Å². The standard InChI is InChI=1S/C15H21NO3/c1-3-14(15(18)19-2)8-9-16-10-12-4-6-13(11-17)7-5-12/h4-8,16-17H,3,9-11H2,1-2H3/b14-8-. The van der Waals surface area contributed by atoms with Gasteiger partial charge in [0.25, 0.3) is 0 Å². The molecule has 0 saturated carbocycles. The van der Waals surface area contributed by atoms with Gasteiger partial charge in [0.15, 0.2) is 0 Å². The molecule has 1 aromatic rings. The third kappa shape index (κ3) is 5.24. The summed E-state index contributed by atoms with van der Waals surface area (Å²) < 4.78 is 4.69. The van der Waals surface area contributed by atoms with Gasteiger partial charge in [-0.25, -0.2) is 4.79 Å². The van der Waals surface area contributed by atoms with Gasteiger partial charge in [0, 0.05) is 18.7 Å².